The Hall–Kier alpha value is -2.57. The SMILES string of the molecule is Cc1cc(C)c(C(=O)COC(=O)C[C@@H]2C(=O)C[C@@H](C)[C@H]2C[N+](=O)[O-])cc1C. The maximum Gasteiger partial charge on any atom is 0.306 e. The third-order valence-corrected chi connectivity index (χ3v) is 5.44. The molecule has 0 amide bonds. The highest BCUT2D eigenvalue weighted by Gasteiger charge is 2.44. The van der Waals surface area contributed by atoms with Crippen molar-refractivity contribution in [2.24, 2.45) is 17.8 Å². The van der Waals surface area contributed by atoms with E-state index in [0.717, 1.165) is 16.7 Å². The van der Waals surface area contributed by atoms with E-state index in [1.54, 1.807) is 13.0 Å². The fourth-order valence-corrected chi connectivity index (χ4v) is 3.72. The molecule has 1 aliphatic carbocycles. The number of aryl methyl sites for hydroxylation is 3. The second-order valence-electron chi connectivity index (χ2n) is 7.47. The Labute approximate surface area is 158 Å². The molecule has 1 aromatic carbocycles. The highest BCUT2D eigenvalue weighted by Crippen LogP contribution is 2.36. The van der Waals surface area contributed by atoms with Crippen LogP contribution >= 0.6 is 0 Å². The summed E-state index contributed by atoms with van der Waals surface area (Å²) >= 11 is 0. The molecule has 1 saturated carbocycles. The zero-order chi connectivity index (χ0) is 20.3. The van der Waals surface area contributed by atoms with Crippen LogP contribution in [0, 0.1) is 48.6 Å². The van der Waals surface area contributed by atoms with Crippen LogP contribution in [0.25, 0.3) is 0 Å². The summed E-state index contributed by atoms with van der Waals surface area (Å²) in [6, 6.07) is 3.68. The molecule has 0 radical (unpaired) electrons. The maximum atomic E-state index is 12.4. The van der Waals surface area contributed by atoms with Gasteiger partial charge in [-0.25, -0.2) is 0 Å². The van der Waals surface area contributed by atoms with Gasteiger partial charge in [0.1, 0.15) is 5.78 Å². The fourth-order valence-electron chi connectivity index (χ4n) is 3.72. The summed E-state index contributed by atoms with van der Waals surface area (Å²) in [5.41, 5.74) is 3.36. The summed E-state index contributed by atoms with van der Waals surface area (Å²) in [5, 5.41) is 10.8. The first-order valence-electron chi connectivity index (χ1n) is 9.01. The Morgan fingerprint density at radius 3 is 2.44 bits per heavy atom. The molecule has 0 bridgehead atoms. The van der Waals surface area contributed by atoms with E-state index in [-0.39, 0.29) is 36.9 Å². The molecule has 7 nitrogen and oxygen atoms in total. The van der Waals surface area contributed by atoms with E-state index in [2.05, 4.69) is 0 Å². The molecule has 0 aromatic heterocycles. The first-order valence-corrected chi connectivity index (χ1v) is 9.01. The van der Waals surface area contributed by atoms with Gasteiger partial charge in [0.15, 0.2) is 6.61 Å². The van der Waals surface area contributed by atoms with Gasteiger partial charge in [0.2, 0.25) is 12.3 Å². The summed E-state index contributed by atoms with van der Waals surface area (Å²) in [5.74, 6) is -2.46. The molecule has 1 aromatic rings. The Kier molecular flexibility index (Phi) is 6.46. The first-order chi connectivity index (χ1) is 12.6. The normalized spacial score (nSPS) is 21.9. The zero-order valence-corrected chi connectivity index (χ0v) is 16.1. The fraction of sp³-hybridized carbons (Fsp3) is 0.550. The number of esters is 1. The highest BCUT2D eigenvalue weighted by molar-refractivity contribution is 5.99. The van der Waals surface area contributed by atoms with Gasteiger partial charge in [-0.15, -0.1) is 0 Å². The standard InChI is InChI=1S/C20H25NO6/c1-11-5-13(3)15(6-12(11)2)19(23)10-27-20(24)8-16-17(9-21(25)26)14(4)7-18(16)22/h5-6,14,16-17H,7-10H2,1-4H3/t14-,16+,17-/m1/s1. The number of benzene rings is 1. The van der Waals surface area contributed by atoms with E-state index in [4.69, 9.17) is 4.74 Å². The van der Waals surface area contributed by atoms with Crippen molar-refractivity contribution in [3.8, 4) is 0 Å². The van der Waals surface area contributed by atoms with Crippen molar-refractivity contribution in [1.29, 1.82) is 0 Å². The van der Waals surface area contributed by atoms with Gasteiger partial charge in [0.25, 0.3) is 0 Å². The third-order valence-electron chi connectivity index (χ3n) is 5.44. The molecule has 2 rings (SSSR count). The Morgan fingerprint density at radius 1 is 1.19 bits per heavy atom. The van der Waals surface area contributed by atoms with E-state index < -0.39 is 29.3 Å². The first kappa shape index (κ1) is 20.7. The van der Waals surface area contributed by atoms with Crippen molar-refractivity contribution >= 4 is 17.5 Å². The molecule has 7 heteroatoms. The van der Waals surface area contributed by atoms with Gasteiger partial charge in [-0.1, -0.05) is 13.0 Å². The Bertz CT molecular complexity index is 785. The van der Waals surface area contributed by atoms with E-state index in [1.807, 2.05) is 26.8 Å². The van der Waals surface area contributed by atoms with E-state index in [9.17, 15) is 24.5 Å². The van der Waals surface area contributed by atoms with Crippen molar-refractivity contribution in [3.63, 3.8) is 0 Å². The molecule has 0 saturated heterocycles. The van der Waals surface area contributed by atoms with Crippen molar-refractivity contribution in [3.05, 3.63) is 44.5 Å². The van der Waals surface area contributed by atoms with Crippen LogP contribution in [0.2, 0.25) is 0 Å². The third kappa shape index (κ3) is 4.99. The largest absolute Gasteiger partial charge is 0.457 e. The average Bonchev–Trinajstić information content (AvgIpc) is 2.82. The number of nitrogens with zero attached hydrogens (tertiary/aromatic N) is 1. The summed E-state index contributed by atoms with van der Waals surface area (Å²) < 4.78 is 5.07. The molecule has 0 unspecified atom stereocenters. The van der Waals surface area contributed by atoms with Crippen LogP contribution in [0.4, 0.5) is 0 Å². The molecule has 3 atom stereocenters. The summed E-state index contributed by atoms with van der Waals surface area (Å²) in [4.78, 5) is 47.0. The molecule has 0 heterocycles. The smallest absolute Gasteiger partial charge is 0.306 e. The van der Waals surface area contributed by atoms with Crippen LogP contribution in [0.1, 0.15) is 46.8 Å². The molecule has 0 aliphatic heterocycles. The molecule has 1 aliphatic rings. The topological polar surface area (TPSA) is 104 Å². The Balaban J connectivity index is 1.97. The Morgan fingerprint density at radius 2 is 1.81 bits per heavy atom. The molecule has 0 spiro atoms. The van der Waals surface area contributed by atoms with Crippen molar-refractivity contribution < 1.29 is 24.0 Å². The van der Waals surface area contributed by atoms with Crippen LogP contribution in [-0.2, 0) is 14.3 Å². The quantitative estimate of drug-likeness (QED) is 0.314. The van der Waals surface area contributed by atoms with Gasteiger partial charge >= 0.3 is 5.97 Å². The number of ether oxygens (including phenoxy) is 1. The molecule has 0 N–H and O–H groups in total. The van der Waals surface area contributed by atoms with Gasteiger partial charge in [-0.3, -0.25) is 24.5 Å². The van der Waals surface area contributed by atoms with E-state index in [1.165, 1.54) is 0 Å². The predicted octanol–water partition coefficient (Wildman–Crippen LogP) is 2.85. The molecular weight excluding hydrogens is 350 g/mol. The van der Waals surface area contributed by atoms with E-state index in [0.29, 0.717) is 5.56 Å². The second kappa shape index (κ2) is 8.41. The van der Waals surface area contributed by atoms with Gasteiger partial charge in [0, 0.05) is 28.7 Å². The number of carbonyl (C=O) groups excluding carboxylic acids is 3. The molecular formula is C20H25NO6. The number of ketones is 2. The maximum absolute atomic E-state index is 12.4. The summed E-state index contributed by atoms with van der Waals surface area (Å²) in [7, 11) is 0. The number of hydrogen-bond acceptors (Lipinski definition) is 6. The number of Topliss-reactive ketones (excluding diaryl/α,β-unsaturated/α-hetero) is 2. The van der Waals surface area contributed by atoms with Crippen LogP contribution in [0.5, 0.6) is 0 Å². The minimum absolute atomic E-state index is 0.138. The van der Waals surface area contributed by atoms with Crippen LogP contribution < -0.4 is 0 Å². The average molecular weight is 375 g/mol. The van der Waals surface area contributed by atoms with Crippen molar-refractivity contribution in [2.45, 2.75) is 40.5 Å². The van der Waals surface area contributed by atoms with Crippen LogP contribution in [0.15, 0.2) is 12.1 Å². The lowest BCUT2D eigenvalue weighted by molar-refractivity contribution is -0.490. The minimum atomic E-state index is -0.712. The predicted molar refractivity (Wildman–Crippen MR) is 98.2 cm³/mol. The van der Waals surface area contributed by atoms with E-state index >= 15 is 0 Å². The lowest BCUT2D eigenvalue weighted by atomic mass is 9.88. The van der Waals surface area contributed by atoms with Crippen LogP contribution in [-0.4, -0.2) is 35.6 Å². The number of hydrogen-bond donors (Lipinski definition) is 0. The van der Waals surface area contributed by atoms with Gasteiger partial charge in [0.05, 0.1) is 6.42 Å². The molecule has 27 heavy (non-hydrogen) atoms. The monoisotopic (exact) mass is 375 g/mol. The van der Waals surface area contributed by atoms with Gasteiger partial charge in [-0.2, -0.15) is 0 Å². The zero-order valence-electron chi connectivity index (χ0n) is 16.1. The van der Waals surface area contributed by atoms with Gasteiger partial charge in [-0.05, 0) is 49.4 Å². The number of rotatable bonds is 7. The van der Waals surface area contributed by atoms with Crippen molar-refractivity contribution in [1.82, 2.24) is 0 Å². The molecule has 1 fully saturated rings. The molecule has 146 valence electrons. The second-order valence-corrected chi connectivity index (χ2v) is 7.47. The van der Waals surface area contributed by atoms with Crippen molar-refractivity contribution in [2.75, 3.05) is 13.2 Å². The lowest BCUT2D eigenvalue weighted by Crippen LogP contribution is -2.28. The minimum Gasteiger partial charge on any atom is -0.457 e. The lowest BCUT2D eigenvalue weighted by Gasteiger charge is -2.17. The van der Waals surface area contributed by atoms with Crippen LogP contribution in [0.3, 0.4) is 0 Å². The number of nitro groups is 1. The summed E-state index contributed by atoms with van der Waals surface area (Å²) in [6.45, 7) is 6.72. The number of carbonyl (C=O) groups is 3. The van der Waals surface area contributed by atoms with Gasteiger partial charge < -0.3 is 4.74 Å². The highest BCUT2D eigenvalue weighted by atomic mass is 16.6. The summed E-state index contributed by atoms with van der Waals surface area (Å²) in [6.07, 6.45) is 0.0120.